The number of nitrogens with one attached hydrogen (secondary N) is 1. The average molecular weight is 526 g/mol. The van der Waals surface area contributed by atoms with Crippen molar-refractivity contribution in [2.45, 2.75) is 19.1 Å². The quantitative estimate of drug-likeness (QED) is 0.263. The van der Waals surface area contributed by atoms with Crippen molar-refractivity contribution in [3.05, 3.63) is 114 Å². The molecule has 0 aliphatic heterocycles. The maximum atomic E-state index is 14.4. The number of aromatic hydroxyl groups is 2. The van der Waals surface area contributed by atoms with E-state index in [2.05, 4.69) is 15.6 Å². The summed E-state index contributed by atoms with van der Waals surface area (Å²) in [6, 6.07) is 24.1. The molecule has 2 amide bonds. The molecule has 39 heavy (non-hydrogen) atoms. The number of benzene rings is 4. The second-order valence-electron chi connectivity index (χ2n) is 8.83. The summed E-state index contributed by atoms with van der Waals surface area (Å²) in [5, 5.41) is 31.1. The van der Waals surface area contributed by atoms with E-state index in [9.17, 15) is 24.2 Å². The third-order valence-electron chi connectivity index (χ3n) is 6.19. The molecular weight excluding hydrogens is 501 g/mol. The van der Waals surface area contributed by atoms with Crippen molar-refractivity contribution in [1.82, 2.24) is 20.3 Å². The van der Waals surface area contributed by atoms with Crippen molar-refractivity contribution < 1.29 is 24.2 Å². The van der Waals surface area contributed by atoms with Gasteiger partial charge in [-0.15, -0.1) is 5.10 Å². The molecule has 0 saturated carbocycles. The van der Waals surface area contributed by atoms with Gasteiger partial charge in [0.15, 0.2) is 11.5 Å². The van der Waals surface area contributed by atoms with Crippen molar-refractivity contribution in [3.63, 3.8) is 0 Å². The molecule has 5 rings (SSSR count). The lowest BCUT2D eigenvalue weighted by atomic mass is 10.0. The lowest BCUT2D eigenvalue weighted by molar-refractivity contribution is -0.127. The Hall–Kier alpha value is -5.25. The van der Waals surface area contributed by atoms with Gasteiger partial charge in [-0.05, 0) is 53.6 Å². The fraction of sp³-hybridized carbons (Fsp3) is 0.103. The van der Waals surface area contributed by atoms with Gasteiger partial charge in [0.1, 0.15) is 23.9 Å². The molecule has 0 aliphatic carbocycles. The molecule has 196 valence electrons. The standard InChI is InChI=1S/C29H24FN5O4/c30-21-9-6-10-22(16-21)35(27(38)18-34-24-12-5-4-11-23(24)32-33-34)28(20-13-14-25(36)26(37)15-20)29(39)31-17-19-7-2-1-3-8-19/h1-16,28,36-37H,17-18H2,(H,31,39)/t28-/m0/s1. The number of nitrogens with zero attached hydrogens (tertiary/aromatic N) is 4. The smallest absolute Gasteiger partial charge is 0.249 e. The highest BCUT2D eigenvalue weighted by molar-refractivity contribution is 6.01. The van der Waals surface area contributed by atoms with Crippen molar-refractivity contribution in [3.8, 4) is 11.5 Å². The first-order chi connectivity index (χ1) is 18.9. The van der Waals surface area contributed by atoms with Crippen LogP contribution in [0.15, 0.2) is 97.1 Å². The summed E-state index contributed by atoms with van der Waals surface area (Å²) in [7, 11) is 0. The van der Waals surface area contributed by atoms with Gasteiger partial charge in [0.2, 0.25) is 11.8 Å². The molecule has 0 bridgehead atoms. The highest BCUT2D eigenvalue weighted by Crippen LogP contribution is 2.34. The van der Waals surface area contributed by atoms with Crippen LogP contribution in [0.3, 0.4) is 0 Å². The Balaban J connectivity index is 1.57. The highest BCUT2D eigenvalue weighted by Gasteiger charge is 2.34. The lowest BCUT2D eigenvalue weighted by Crippen LogP contribution is -2.45. The molecule has 9 nitrogen and oxygen atoms in total. The van der Waals surface area contributed by atoms with E-state index >= 15 is 0 Å². The van der Waals surface area contributed by atoms with E-state index < -0.39 is 29.4 Å². The minimum Gasteiger partial charge on any atom is -0.504 e. The van der Waals surface area contributed by atoms with Crippen LogP contribution in [0.5, 0.6) is 11.5 Å². The number of aromatic nitrogens is 3. The first kappa shape index (κ1) is 25.4. The van der Waals surface area contributed by atoms with Crippen LogP contribution < -0.4 is 10.2 Å². The number of phenols is 2. The molecule has 0 fully saturated rings. The molecular formula is C29H24FN5O4. The molecule has 1 atom stereocenters. The number of rotatable bonds is 8. The summed E-state index contributed by atoms with van der Waals surface area (Å²) in [5.74, 6) is -2.62. The van der Waals surface area contributed by atoms with Crippen molar-refractivity contribution >= 4 is 28.5 Å². The van der Waals surface area contributed by atoms with Crippen molar-refractivity contribution in [1.29, 1.82) is 0 Å². The van der Waals surface area contributed by atoms with E-state index in [4.69, 9.17) is 0 Å². The second kappa shape index (κ2) is 11.0. The number of carbonyl (C=O) groups is 2. The molecule has 0 saturated heterocycles. The van der Waals surface area contributed by atoms with Crippen LogP contribution >= 0.6 is 0 Å². The van der Waals surface area contributed by atoms with Crippen LogP contribution in [0.25, 0.3) is 11.0 Å². The van der Waals surface area contributed by atoms with Crippen molar-refractivity contribution in [2.75, 3.05) is 4.90 Å². The van der Waals surface area contributed by atoms with Crippen LogP contribution in [0, 0.1) is 5.82 Å². The molecule has 4 aromatic carbocycles. The molecule has 3 N–H and O–H groups in total. The zero-order valence-corrected chi connectivity index (χ0v) is 20.6. The third-order valence-corrected chi connectivity index (χ3v) is 6.19. The molecule has 0 radical (unpaired) electrons. The fourth-order valence-corrected chi connectivity index (χ4v) is 4.31. The number of halogens is 1. The zero-order valence-electron chi connectivity index (χ0n) is 20.6. The number of hydrogen-bond donors (Lipinski definition) is 3. The number of fused-ring (bicyclic) bond motifs is 1. The van der Waals surface area contributed by atoms with Gasteiger partial charge in [-0.3, -0.25) is 14.5 Å². The minimum atomic E-state index is -1.33. The van der Waals surface area contributed by atoms with Crippen LogP contribution in [0.1, 0.15) is 17.2 Å². The van der Waals surface area contributed by atoms with Gasteiger partial charge in [-0.25, -0.2) is 9.07 Å². The Labute approximate surface area is 222 Å². The Bertz CT molecular complexity index is 1640. The van der Waals surface area contributed by atoms with Gasteiger partial charge in [0.05, 0.1) is 5.52 Å². The summed E-state index contributed by atoms with van der Waals surface area (Å²) in [6.45, 7) is -0.136. The third kappa shape index (κ3) is 5.54. The first-order valence-corrected chi connectivity index (χ1v) is 12.1. The van der Waals surface area contributed by atoms with E-state index in [1.54, 1.807) is 24.3 Å². The van der Waals surface area contributed by atoms with Crippen LogP contribution in [0.2, 0.25) is 0 Å². The topological polar surface area (TPSA) is 121 Å². The van der Waals surface area contributed by atoms with Gasteiger partial charge in [0.25, 0.3) is 0 Å². The number of phenolic OH excluding ortho intramolecular Hbond substituents is 2. The van der Waals surface area contributed by atoms with E-state index in [0.29, 0.717) is 11.0 Å². The average Bonchev–Trinajstić information content (AvgIpc) is 3.35. The van der Waals surface area contributed by atoms with Gasteiger partial charge < -0.3 is 15.5 Å². The Morgan fingerprint density at radius 1 is 0.897 bits per heavy atom. The maximum absolute atomic E-state index is 14.4. The largest absolute Gasteiger partial charge is 0.504 e. The zero-order chi connectivity index (χ0) is 27.4. The van der Waals surface area contributed by atoms with Crippen LogP contribution in [-0.2, 0) is 22.7 Å². The molecule has 0 spiro atoms. The van der Waals surface area contributed by atoms with Crippen LogP contribution in [-0.4, -0.2) is 37.0 Å². The summed E-state index contributed by atoms with van der Waals surface area (Å²) >= 11 is 0. The Morgan fingerprint density at radius 3 is 2.44 bits per heavy atom. The van der Waals surface area contributed by atoms with Crippen LogP contribution in [0.4, 0.5) is 10.1 Å². The van der Waals surface area contributed by atoms with Gasteiger partial charge in [-0.2, -0.15) is 0 Å². The van der Waals surface area contributed by atoms with E-state index in [1.165, 1.54) is 41.1 Å². The predicted molar refractivity (Wildman–Crippen MR) is 142 cm³/mol. The number of anilines is 1. The predicted octanol–water partition coefficient (Wildman–Crippen LogP) is 4.07. The number of carbonyl (C=O) groups excluding carboxylic acids is 2. The van der Waals surface area contributed by atoms with E-state index in [-0.39, 0.29) is 30.1 Å². The normalized spacial score (nSPS) is 11.7. The van der Waals surface area contributed by atoms with E-state index in [1.807, 2.05) is 30.3 Å². The van der Waals surface area contributed by atoms with Gasteiger partial charge in [0, 0.05) is 12.2 Å². The lowest BCUT2D eigenvalue weighted by Gasteiger charge is -2.31. The number of amides is 2. The molecule has 0 aliphatic rings. The Morgan fingerprint density at radius 2 is 1.67 bits per heavy atom. The number of hydrogen-bond acceptors (Lipinski definition) is 6. The number of para-hydroxylation sites is 1. The van der Waals surface area contributed by atoms with Gasteiger partial charge >= 0.3 is 0 Å². The summed E-state index contributed by atoms with van der Waals surface area (Å²) < 4.78 is 15.8. The second-order valence-corrected chi connectivity index (χ2v) is 8.83. The molecule has 10 heteroatoms. The molecule has 1 heterocycles. The van der Waals surface area contributed by atoms with Gasteiger partial charge in [-0.1, -0.05) is 59.8 Å². The summed E-state index contributed by atoms with van der Waals surface area (Å²) in [5.41, 5.74) is 2.35. The molecule has 1 aromatic heterocycles. The SMILES string of the molecule is O=C(NCc1ccccc1)[C@H](c1ccc(O)c(O)c1)N(C(=O)Cn1nnc2ccccc21)c1cccc(F)c1. The maximum Gasteiger partial charge on any atom is 0.249 e. The molecule has 0 unspecified atom stereocenters. The molecule has 5 aromatic rings. The Kier molecular flexibility index (Phi) is 7.17. The summed E-state index contributed by atoms with van der Waals surface area (Å²) in [4.78, 5) is 28.8. The fourth-order valence-electron chi connectivity index (χ4n) is 4.31. The highest BCUT2D eigenvalue weighted by atomic mass is 19.1. The first-order valence-electron chi connectivity index (χ1n) is 12.1. The summed E-state index contributed by atoms with van der Waals surface area (Å²) in [6.07, 6.45) is 0. The van der Waals surface area contributed by atoms with E-state index in [0.717, 1.165) is 16.5 Å². The van der Waals surface area contributed by atoms with Crippen molar-refractivity contribution in [2.24, 2.45) is 0 Å². The minimum absolute atomic E-state index is 0.122. The monoisotopic (exact) mass is 525 g/mol.